The fourth-order valence-electron chi connectivity index (χ4n) is 3.38. The highest BCUT2D eigenvalue weighted by atomic mass is 32.2. The maximum atomic E-state index is 12.9. The molecular formula is C14H19NO4S2. The number of aliphatic carboxylic acids is 1. The SMILES string of the molecule is O=C(O)C1c2ccsc2CCN1S(=O)(=O)C1CCCCC1. The number of fused-ring (bicyclic) bond motifs is 1. The highest BCUT2D eigenvalue weighted by Gasteiger charge is 2.43. The molecule has 0 bridgehead atoms. The second kappa shape index (κ2) is 5.70. The van der Waals surface area contributed by atoms with Crippen LogP contribution in [0.5, 0.6) is 0 Å². The van der Waals surface area contributed by atoms with Crippen LogP contribution in [-0.4, -0.2) is 35.6 Å². The molecule has 0 spiro atoms. The van der Waals surface area contributed by atoms with E-state index < -0.39 is 27.3 Å². The summed E-state index contributed by atoms with van der Waals surface area (Å²) in [7, 11) is -3.54. The summed E-state index contributed by atoms with van der Waals surface area (Å²) in [4.78, 5) is 12.7. The Morgan fingerprint density at radius 2 is 2.00 bits per heavy atom. The first-order chi connectivity index (χ1) is 10.0. The highest BCUT2D eigenvalue weighted by Crippen LogP contribution is 2.38. The predicted molar refractivity (Wildman–Crippen MR) is 80.9 cm³/mol. The van der Waals surface area contributed by atoms with Crippen molar-refractivity contribution in [2.75, 3.05) is 6.54 Å². The Hall–Kier alpha value is -0.920. The number of rotatable bonds is 3. The first kappa shape index (κ1) is 15.0. The largest absolute Gasteiger partial charge is 0.480 e. The first-order valence-electron chi connectivity index (χ1n) is 7.31. The van der Waals surface area contributed by atoms with Crippen molar-refractivity contribution in [3.05, 3.63) is 21.9 Å². The number of sulfonamides is 1. The van der Waals surface area contributed by atoms with Gasteiger partial charge >= 0.3 is 5.97 Å². The van der Waals surface area contributed by atoms with Crippen LogP contribution in [0.3, 0.4) is 0 Å². The molecule has 1 fully saturated rings. The molecule has 1 saturated carbocycles. The van der Waals surface area contributed by atoms with Crippen molar-refractivity contribution >= 4 is 27.3 Å². The van der Waals surface area contributed by atoms with Gasteiger partial charge in [0.1, 0.15) is 6.04 Å². The average Bonchev–Trinajstić information content (AvgIpc) is 2.95. The van der Waals surface area contributed by atoms with Gasteiger partial charge in [-0.15, -0.1) is 11.3 Å². The van der Waals surface area contributed by atoms with E-state index in [0.29, 0.717) is 24.8 Å². The molecule has 1 atom stereocenters. The third-order valence-electron chi connectivity index (χ3n) is 4.46. The molecule has 1 aliphatic heterocycles. The first-order valence-corrected chi connectivity index (χ1v) is 9.70. The molecule has 1 aromatic heterocycles. The lowest BCUT2D eigenvalue weighted by atomic mass is 10.0. The highest BCUT2D eigenvalue weighted by molar-refractivity contribution is 7.89. The Morgan fingerprint density at radius 1 is 1.29 bits per heavy atom. The van der Waals surface area contributed by atoms with Gasteiger partial charge in [0.05, 0.1) is 5.25 Å². The molecule has 0 aromatic carbocycles. The van der Waals surface area contributed by atoms with E-state index in [1.807, 2.05) is 5.38 Å². The summed E-state index contributed by atoms with van der Waals surface area (Å²) in [5.74, 6) is -1.08. The summed E-state index contributed by atoms with van der Waals surface area (Å²) in [6.45, 7) is 0.281. The van der Waals surface area contributed by atoms with Crippen LogP contribution in [0, 0.1) is 0 Å². The minimum atomic E-state index is -3.54. The van der Waals surface area contributed by atoms with Gasteiger partial charge in [-0.25, -0.2) is 8.42 Å². The summed E-state index contributed by atoms with van der Waals surface area (Å²) in [5, 5.41) is 11.0. The van der Waals surface area contributed by atoms with Gasteiger partial charge in [0.2, 0.25) is 10.0 Å². The van der Waals surface area contributed by atoms with Crippen molar-refractivity contribution in [1.29, 1.82) is 0 Å². The van der Waals surface area contributed by atoms with Crippen molar-refractivity contribution in [3.63, 3.8) is 0 Å². The second-order valence-electron chi connectivity index (χ2n) is 5.71. The maximum absolute atomic E-state index is 12.9. The van der Waals surface area contributed by atoms with Gasteiger partial charge < -0.3 is 5.11 Å². The van der Waals surface area contributed by atoms with Crippen molar-refractivity contribution in [3.8, 4) is 0 Å². The van der Waals surface area contributed by atoms with Crippen LogP contribution >= 0.6 is 11.3 Å². The summed E-state index contributed by atoms with van der Waals surface area (Å²) in [6, 6.07) is 0.702. The molecular weight excluding hydrogens is 310 g/mol. The Balaban J connectivity index is 1.95. The van der Waals surface area contributed by atoms with Gasteiger partial charge in [0.15, 0.2) is 0 Å². The molecule has 0 amide bonds. The molecule has 1 N–H and O–H groups in total. The molecule has 1 aromatic rings. The quantitative estimate of drug-likeness (QED) is 0.924. The van der Waals surface area contributed by atoms with Crippen molar-refractivity contribution in [1.82, 2.24) is 4.31 Å². The number of carboxylic acids is 1. The lowest BCUT2D eigenvalue weighted by Crippen LogP contribution is -2.47. The van der Waals surface area contributed by atoms with Crippen molar-refractivity contribution in [2.24, 2.45) is 0 Å². The van der Waals surface area contributed by atoms with E-state index in [9.17, 15) is 18.3 Å². The molecule has 0 radical (unpaired) electrons. The molecule has 21 heavy (non-hydrogen) atoms. The topological polar surface area (TPSA) is 74.7 Å². The van der Waals surface area contributed by atoms with E-state index in [2.05, 4.69) is 0 Å². The third-order valence-corrected chi connectivity index (χ3v) is 7.81. The molecule has 2 heterocycles. The number of carbonyl (C=O) groups is 1. The normalized spacial score (nSPS) is 24.7. The van der Waals surface area contributed by atoms with E-state index >= 15 is 0 Å². The molecule has 5 nitrogen and oxygen atoms in total. The van der Waals surface area contributed by atoms with Gasteiger partial charge in [0.25, 0.3) is 0 Å². The summed E-state index contributed by atoms with van der Waals surface area (Å²) < 4.78 is 26.9. The Kier molecular flexibility index (Phi) is 4.07. The van der Waals surface area contributed by atoms with E-state index in [-0.39, 0.29) is 6.54 Å². The van der Waals surface area contributed by atoms with Crippen LogP contribution in [-0.2, 0) is 21.2 Å². The number of hydrogen-bond acceptors (Lipinski definition) is 4. The fraction of sp³-hybridized carbons (Fsp3) is 0.643. The smallest absolute Gasteiger partial charge is 0.326 e. The lowest BCUT2D eigenvalue weighted by molar-refractivity contribution is -0.142. The Bertz CT molecular complexity index is 631. The number of carboxylic acid groups (broad SMARTS) is 1. The van der Waals surface area contributed by atoms with Crippen LogP contribution in [0.15, 0.2) is 11.4 Å². The molecule has 3 rings (SSSR count). The summed E-state index contributed by atoms with van der Waals surface area (Å²) in [6.07, 6.45) is 4.83. The van der Waals surface area contributed by atoms with E-state index in [4.69, 9.17) is 0 Å². The Morgan fingerprint density at radius 3 is 2.67 bits per heavy atom. The van der Waals surface area contributed by atoms with E-state index in [1.54, 1.807) is 6.07 Å². The summed E-state index contributed by atoms with van der Waals surface area (Å²) in [5.41, 5.74) is 0.651. The van der Waals surface area contributed by atoms with Crippen LogP contribution in [0.1, 0.15) is 48.6 Å². The monoisotopic (exact) mass is 329 g/mol. The van der Waals surface area contributed by atoms with Crippen LogP contribution in [0.4, 0.5) is 0 Å². The van der Waals surface area contributed by atoms with Gasteiger partial charge in [-0.1, -0.05) is 19.3 Å². The minimum absolute atomic E-state index is 0.281. The molecule has 1 unspecified atom stereocenters. The minimum Gasteiger partial charge on any atom is -0.480 e. The lowest BCUT2D eigenvalue weighted by Gasteiger charge is -2.35. The maximum Gasteiger partial charge on any atom is 0.326 e. The molecule has 1 aliphatic carbocycles. The standard InChI is InChI=1S/C14H19NO4S2/c16-14(17)13-11-7-9-20-12(11)6-8-15(13)21(18,19)10-4-2-1-3-5-10/h7,9-10,13H,1-6,8H2,(H,16,17). The number of hydrogen-bond donors (Lipinski definition) is 1. The van der Waals surface area contributed by atoms with Crippen LogP contribution < -0.4 is 0 Å². The predicted octanol–water partition coefficient (Wildman–Crippen LogP) is 2.39. The van der Waals surface area contributed by atoms with Gasteiger partial charge in [0, 0.05) is 11.4 Å². The second-order valence-corrected chi connectivity index (χ2v) is 8.87. The zero-order chi connectivity index (χ0) is 15.0. The molecule has 0 saturated heterocycles. The molecule has 7 heteroatoms. The fourth-order valence-corrected chi connectivity index (χ4v) is 6.44. The zero-order valence-electron chi connectivity index (χ0n) is 11.7. The van der Waals surface area contributed by atoms with E-state index in [0.717, 1.165) is 24.1 Å². The van der Waals surface area contributed by atoms with Crippen molar-refractivity contribution < 1.29 is 18.3 Å². The van der Waals surface area contributed by atoms with Crippen LogP contribution in [0.2, 0.25) is 0 Å². The van der Waals surface area contributed by atoms with Crippen molar-refractivity contribution in [2.45, 2.75) is 49.8 Å². The van der Waals surface area contributed by atoms with Gasteiger partial charge in [-0.05, 0) is 36.3 Å². The van der Waals surface area contributed by atoms with Gasteiger partial charge in [-0.3, -0.25) is 4.79 Å². The Labute approximate surface area is 128 Å². The zero-order valence-corrected chi connectivity index (χ0v) is 13.3. The number of thiophene rings is 1. The molecule has 116 valence electrons. The van der Waals surface area contributed by atoms with Crippen LogP contribution in [0.25, 0.3) is 0 Å². The van der Waals surface area contributed by atoms with Gasteiger partial charge in [-0.2, -0.15) is 4.31 Å². The molecule has 2 aliphatic rings. The average molecular weight is 329 g/mol. The summed E-state index contributed by atoms with van der Waals surface area (Å²) >= 11 is 1.51. The number of nitrogens with zero attached hydrogens (tertiary/aromatic N) is 1. The van der Waals surface area contributed by atoms with E-state index in [1.165, 1.54) is 15.6 Å². The third kappa shape index (κ3) is 2.62.